The lowest BCUT2D eigenvalue weighted by molar-refractivity contribution is -0.116. The first kappa shape index (κ1) is 18.0. The number of benzene rings is 1. The van der Waals surface area contributed by atoms with Crippen LogP contribution in [0.3, 0.4) is 0 Å². The molecule has 0 spiro atoms. The van der Waals surface area contributed by atoms with Crippen LogP contribution >= 0.6 is 0 Å². The summed E-state index contributed by atoms with van der Waals surface area (Å²) in [6.45, 7) is 5.93. The van der Waals surface area contributed by atoms with Crippen molar-refractivity contribution in [3.05, 3.63) is 72.2 Å². The van der Waals surface area contributed by atoms with E-state index in [0.29, 0.717) is 36.1 Å². The molecule has 0 bridgehead atoms. The Morgan fingerprint density at radius 2 is 2.07 bits per heavy atom. The summed E-state index contributed by atoms with van der Waals surface area (Å²) >= 11 is 0. The third-order valence-electron chi connectivity index (χ3n) is 5.09. The standard InChI is InChI=1S/C21H19N7O2/c1-3-10-30-15-6-4-14(5-7-15)16-11-20(29)23-21-17(16)12-22-28(21)19-9-8-18-25-24-13(2)27(18)26-19/h3-9,12,16H,1,10-11H2,2H3,(H,23,29)/t16-/m1/s1. The molecule has 1 aliphatic rings. The Balaban J connectivity index is 1.53. The quantitative estimate of drug-likeness (QED) is 0.516. The minimum atomic E-state index is -0.101. The first-order valence-corrected chi connectivity index (χ1v) is 9.55. The lowest BCUT2D eigenvalue weighted by atomic mass is 9.87. The van der Waals surface area contributed by atoms with Gasteiger partial charge in [-0.25, -0.2) is 0 Å². The van der Waals surface area contributed by atoms with Gasteiger partial charge < -0.3 is 10.1 Å². The summed E-state index contributed by atoms with van der Waals surface area (Å²) < 4.78 is 8.84. The summed E-state index contributed by atoms with van der Waals surface area (Å²) in [6.07, 6.45) is 3.84. The lowest BCUT2D eigenvalue weighted by Crippen LogP contribution is -2.24. The molecule has 1 aliphatic heterocycles. The second kappa shape index (κ2) is 7.11. The number of amides is 1. The van der Waals surface area contributed by atoms with E-state index in [2.05, 4.69) is 32.3 Å². The molecule has 1 N–H and O–H groups in total. The minimum Gasteiger partial charge on any atom is -0.490 e. The highest BCUT2D eigenvalue weighted by molar-refractivity contribution is 5.94. The Morgan fingerprint density at radius 1 is 1.23 bits per heavy atom. The molecule has 1 aromatic carbocycles. The summed E-state index contributed by atoms with van der Waals surface area (Å²) in [6, 6.07) is 11.4. The van der Waals surface area contributed by atoms with E-state index in [4.69, 9.17) is 4.74 Å². The van der Waals surface area contributed by atoms with Crippen molar-refractivity contribution in [2.75, 3.05) is 11.9 Å². The maximum absolute atomic E-state index is 12.5. The van der Waals surface area contributed by atoms with Crippen molar-refractivity contribution in [1.29, 1.82) is 0 Å². The number of ether oxygens (including phenoxy) is 1. The van der Waals surface area contributed by atoms with Crippen LogP contribution in [-0.4, -0.2) is 42.1 Å². The fourth-order valence-electron chi connectivity index (χ4n) is 3.64. The van der Waals surface area contributed by atoms with Crippen LogP contribution in [0.25, 0.3) is 11.5 Å². The molecule has 4 heterocycles. The molecule has 1 atom stereocenters. The minimum absolute atomic E-state index is 0.0669. The van der Waals surface area contributed by atoms with Gasteiger partial charge in [0.25, 0.3) is 0 Å². The second-order valence-corrected chi connectivity index (χ2v) is 7.04. The van der Waals surface area contributed by atoms with Crippen molar-refractivity contribution in [3.8, 4) is 11.6 Å². The first-order valence-electron chi connectivity index (χ1n) is 9.55. The molecule has 0 saturated carbocycles. The van der Waals surface area contributed by atoms with Gasteiger partial charge in [0.1, 0.15) is 18.2 Å². The van der Waals surface area contributed by atoms with E-state index in [1.54, 1.807) is 27.5 Å². The monoisotopic (exact) mass is 401 g/mol. The predicted octanol–water partition coefficient (Wildman–Crippen LogP) is 2.66. The van der Waals surface area contributed by atoms with Crippen molar-refractivity contribution in [1.82, 2.24) is 29.6 Å². The summed E-state index contributed by atoms with van der Waals surface area (Å²) in [5.74, 6) is 2.46. The van der Waals surface area contributed by atoms with Gasteiger partial charge in [-0.3, -0.25) is 4.79 Å². The summed E-state index contributed by atoms with van der Waals surface area (Å²) in [5, 5.41) is 20.1. The fourth-order valence-corrected chi connectivity index (χ4v) is 3.64. The third kappa shape index (κ3) is 3.00. The number of hydrogen-bond acceptors (Lipinski definition) is 6. The van der Waals surface area contributed by atoms with Crippen molar-refractivity contribution in [3.63, 3.8) is 0 Å². The highest BCUT2D eigenvalue weighted by Gasteiger charge is 2.30. The zero-order valence-electron chi connectivity index (χ0n) is 16.3. The number of aryl methyl sites for hydroxylation is 1. The Kier molecular flexibility index (Phi) is 4.27. The highest BCUT2D eigenvalue weighted by Crippen LogP contribution is 2.38. The number of carbonyl (C=O) groups is 1. The van der Waals surface area contributed by atoms with Crippen molar-refractivity contribution >= 4 is 17.4 Å². The molecular formula is C21H19N7O2. The summed E-state index contributed by atoms with van der Waals surface area (Å²) in [7, 11) is 0. The van der Waals surface area contributed by atoms with Gasteiger partial charge in [-0.2, -0.15) is 14.3 Å². The van der Waals surface area contributed by atoms with E-state index in [9.17, 15) is 4.79 Å². The number of anilines is 1. The number of nitrogens with one attached hydrogen (secondary N) is 1. The smallest absolute Gasteiger partial charge is 0.226 e. The second-order valence-electron chi connectivity index (χ2n) is 7.04. The third-order valence-corrected chi connectivity index (χ3v) is 5.09. The number of rotatable bonds is 5. The van der Waals surface area contributed by atoms with Crippen molar-refractivity contribution in [2.45, 2.75) is 19.3 Å². The summed E-state index contributed by atoms with van der Waals surface area (Å²) in [5.41, 5.74) is 2.62. The molecule has 5 rings (SSSR count). The largest absolute Gasteiger partial charge is 0.490 e. The van der Waals surface area contributed by atoms with Gasteiger partial charge in [0, 0.05) is 17.9 Å². The highest BCUT2D eigenvalue weighted by atomic mass is 16.5. The average Bonchev–Trinajstić information content (AvgIpc) is 3.35. The zero-order chi connectivity index (χ0) is 20.7. The SMILES string of the molecule is C=CCOc1ccc([C@H]2CC(=O)Nc3c2cnn3-c2ccc3nnc(C)n3n2)cc1. The van der Waals surface area contributed by atoms with Crippen LogP contribution in [0.1, 0.15) is 29.3 Å². The zero-order valence-corrected chi connectivity index (χ0v) is 16.3. The molecule has 0 aliphatic carbocycles. The first-order chi connectivity index (χ1) is 14.6. The van der Waals surface area contributed by atoms with Crippen LogP contribution in [0.2, 0.25) is 0 Å². The van der Waals surface area contributed by atoms with Crippen LogP contribution in [0.4, 0.5) is 5.82 Å². The van der Waals surface area contributed by atoms with Gasteiger partial charge in [0.15, 0.2) is 17.3 Å². The molecule has 0 radical (unpaired) electrons. The number of aromatic nitrogens is 6. The van der Waals surface area contributed by atoms with Gasteiger partial charge in [-0.05, 0) is 36.8 Å². The molecule has 1 amide bonds. The molecule has 150 valence electrons. The molecule has 30 heavy (non-hydrogen) atoms. The Morgan fingerprint density at radius 3 is 2.87 bits per heavy atom. The van der Waals surface area contributed by atoms with E-state index < -0.39 is 0 Å². The van der Waals surface area contributed by atoms with Crippen LogP contribution in [-0.2, 0) is 4.79 Å². The number of hydrogen-bond donors (Lipinski definition) is 1. The molecule has 0 fully saturated rings. The Bertz CT molecular complexity index is 1260. The van der Waals surface area contributed by atoms with Crippen LogP contribution in [0.15, 0.2) is 55.3 Å². The van der Waals surface area contributed by atoms with Gasteiger partial charge in [-0.1, -0.05) is 24.8 Å². The fraction of sp³-hybridized carbons (Fsp3) is 0.190. The normalized spacial score (nSPS) is 15.6. The topological polar surface area (TPSA) is 99.2 Å². The van der Waals surface area contributed by atoms with E-state index in [-0.39, 0.29) is 11.8 Å². The van der Waals surface area contributed by atoms with E-state index in [1.807, 2.05) is 37.3 Å². The molecule has 9 heteroatoms. The van der Waals surface area contributed by atoms with Crippen LogP contribution in [0.5, 0.6) is 5.75 Å². The van der Waals surface area contributed by atoms with Crippen molar-refractivity contribution in [2.24, 2.45) is 0 Å². The van der Waals surface area contributed by atoms with Gasteiger partial charge in [0.2, 0.25) is 5.91 Å². The van der Waals surface area contributed by atoms with E-state index in [0.717, 1.165) is 16.9 Å². The Labute approximate surface area is 172 Å². The molecule has 3 aromatic heterocycles. The van der Waals surface area contributed by atoms with Gasteiger partial charge >= 0.3 is 0 Å². The molecular weight excluding hydrogens is 382 g/mol. The number of carbonyl (C=O) groups excluding carboxylic acids is 1. The summed E-state index contributed by atoms with van der Waals surface area (Å²) in [4.78, 5) is 12.5. The molecule has 9 nitrogen and oxygen atoms in total. The predicted molar refractivity (Wildman–Crippen MR) is 110 cm³/mol. The van der Waals surface area contributed by atoms with Crippen LogP contribution < -0.4 is 10.1 Å². The van der Waals surface area contributed by atoms with E-state index in [1.165, 1.54) is 0 Å². The Hall–Kier alpha value is -4.01. The molecule has 0 unspecified atom stereocenters. The average molecular weight is 401 g/mol. The maximum Gasteiger partial charge on any atom is 0.226 e. The van der Waals surface area contributed by atoms with E-state index >= 15 is 0 Å². The van der Waals surface area contributed by atoms with Gasteiger partial charge in [-0.15, -0.1) is 15.3 Å². The number of nitrogens with zero attached hydrogens (tertiary/aromatic N) is 6. The van der Waals surface area contributed by atoms with Crippen LogP contribution in [0, 0.1) is 6.92 Å². The molecule has 0 saturated heterocycles. The maximum atomic E-state index is 12.5. The lowest BCUT2D eigenvalue weighted by Gasteiger charge is -2.23. The van der Waals surface area contributed by atoms with Crippen molar-refractivity contribution < 1.29 is 9.53 Å². The van der Waals surface area contributed by atoms with Gasteiger partial charge in [0.05, 0.1) is 6.20 Å². The molecule has 4 aromatic rings. The number of fused-ring (bicyclic) bond motifs is 2.